The quantitative estimate of drug-likeness (QED) is 0.274. The lowest BCUT2D eigenvalue weighted by atomic mass is 9.72. The van der Waals surface area contributed by atoms with Gasteiger partial charge in [0, 0.05) is 7.11 Å². The highest BCUT2D eigenvalue weighted by atomic mass is 16.5. The number of imide groups is 1. The molecule has 0 saturated carbocycles. The number of rotatable bonds is 14. The fourth-order valence-corrected chi connectivity index (χ4v) is 5.57. The maximum absolute atomic E-state index is 13.5. The number of benzene rings is 2. The second-order valence-electron chi connectivity index (χ2n) is 10.7. The minimum absolute atomic E-state index is 0.138. The summed E-state index contributed by atoms with van der Waals surface area (Å²) >= 11 is 0. The van der Waals surface area contributed by atoms with Crippen LogP contribution < -0.4 is 10.1 Å². The number of nitrogens with one attached hydrogen (secondary N) is 1. The van der Waals surface area contributed by atoms with Crippen molar-refractivity contribution in [1.82, 2.24) is 15.1 Å². The average molecular weight is 538 g/mol. The summed E-state index contributed by atoms with van der Waals surface area (Å²) in [6.45, 7) is 11.8. The highest BCUT2D eigenvalue weighted by Crippen LogP contribution is 2.46. The molecular weight excluding hydrogens is 490 g/mol. The number of nitrogens with zero attached hydrogens (tertiary/aromatic N) is 2. The third kappa shape index (κ3) is 6.64. The van der Waals surface area contributed by atoms with Gasteiger partial charge in [-0.05, 0) is 69.5 Å². The maximum atomic E-state index is 13.5. The fourth-order valence-electron chi connectivity index (χ4n) is 5.57. The standard InChI is InChI=1S/C32H47N3O4/c1-8-12-27(24-15-13-23(5)14-16-24)33-31(37)35-29(36)32(10-3,11-4)30(35)39-26-19-17-25(18-20-26)28(22-38-7)34(6)21-9-2/h13-20,27-28,30H,8-12,21-22H2,1-7H3,(H,33,37)/t27-,28?,30+/m1/s1. The van der Waals surface area contributed by atoms with Gasteiger partial charge in [-0.1, -0.05) is 76.1 Å². The molecule has 2 aromatic rings. The molecule has 0 radical (unpaired) electrons. The third-order valence-electron chi connectivity index (χ3n) is 8.13. The van der Waals surface area contributed by atoms with Gasteiger partial charge in [0.25, 0.3) is 0 Å². The van der Waals surface area contributed by atoms with Crippen LogP contribution >= 0.6 is 0 Å². The number of amides is 3. The Morgan fingerprint density at radius 2 is 1.62 bits per heavy atom. The number of hydrogen-bond acceptors (Lipinski definition) is 5. The first-order valence-corrected chi connectivity index (χ1v) is 14.4. The molecule has 0 aliphatic carbocycles. The van der Waals surface area contributed by atoms with Crippen LogP contribution in [0.4, 0.5) is 4.79 Å². The Kier molecular flexibility index (Phi) is 11.0. The van der Waals surface area contributed by atoms with E-state index in [0.29, 0.717) is 25.2 Å². The zero-order valence-corrected chi connectivity index (χ0v) is 24.8. The smallest absolute Gasteiger partial charge is 0.327 e. The van der Waals surface area contributed by atoms with Gasteiger partial charge in [-0.2, -0.15) is 0 Å². The third-order valence-corrected chi connectivity index (χ3v) is 8.13. The molecule has 0 spiro atoms. The van der Waals surface area contributed by atoms with Crippen LogP contribution in [-0.2, 0) is 9.53 Å². The SMILES string of the molecule is CCC[C@@H](NC(=O)N1C(=O)C(CC)(CC)[C@@H]1Oc1ccc(C(COC)N(C)CCC)cc1)c1ccc(C)cc1. The van der Waals surface area contributed by atoms with Crippen molar-refractivity contribution in [2.45, 2.75) is 85.0 Å². The van der Waals surface area contributed by atoms with Crippen LogP contribution in [0.2, 0.25) is 0 Å². The largest absolute Gasteiger partial charge is 0.469 e. The second-order valence-corrected chi connectivity index (χ2v) is 10.7. The Balaban J connectivity index is 1.81. The first-order valence-electron chi connectivity index (χ1n) is 14.4. The number of carbonyl (C=O) groups excluding carboxylic acids is 2. The lowest BCUT2D eigenvalue weighted by Crippen LogP contribution is -2.73. The Labute approximate surface area is 234 Å². The van der Waals surface area contributed by atoms with E-state index in [1.54, 1.807) is 7.11 Å². The van der Waals surface area contributed by atoms with E-state index in [2.05, 4.69) is 31.1 Å². The Bertz CT molecular complexity index is 1070. The molecule has 1 heterocycles. The van der Waals surface area contributed by atoms with Crippen LogP contribution in [0.3, 0.4) is 0 Å². The summed E-state index contributed by atoms with van der Waals surface area (Å²) in [6.07, 6.45) is 3.29. The second kappa shape index (κ2) is 13.9. The van der Waals surface area contributed by atoms with Crippen LogP contribution in [-0.4, -0.2) is 55.3 Å². The van der Waals surface area contributed by atoms with E-state index in [1.165, 1.54) is 10.5 Å². The highest BCUT2D eigenvalue weighted by Gasteiger charge is 2.63. The van der Waals surface area contributed by atoms with Crippen molar-refractivity contribution in [2.75, 3.05) is 27.3 Å². The van der Waals surface area contributed by atoms with Crippen LogP contribution in [0.15, 0.2) is 48.5 Å². The zero-order valence-electron chi connectivity index (χ0n) is 24.8. The number of urea groups is 1. The summed E-state index contributed by atoms with van der Waals surface area (Å²) in [5, 5.41) is 3.12. The zero-order chi connectivity index (χ0) is 28.6. The number of likely N-dealkylation sites (tertiary alicyclic amines) is 1. The molecule has 7 nitrogen and oxygen atoms in total. The molecule has 0 bridgehead atoms. The highest BCUT2D eigenvalue weighted by molar-refractivity contribution is 6.03. The van der Waals surface area contributed by atoms with Crippen molar-refractivity contribution < 1.29 is 19.1 Å². The number of β-lactam (4-membered cyclic amide) rings is 1. The van der Waals surface area contributed by atoms with Crippen molar-refractivity contribution in [3.05, 3.63) is 65.2 Å². The van der Waals surface area contributed by atoms with Crippen molar-refractivity contribution in [3.8, 4) is 5.75 Å². The number of carbonyl (C=O) groups is 2. The van der Waals surface area contributed by atoms with Crippen molar-refractivity contribution in [2.24, 2.45) is 5.41 Å². The molecule has 1 unspecified atom stereocenters. The van der Waals surface area contributed by atoms with E-state index in [4.69, 9.17) is 9.47 Å². The van der Waals surface area contributed by atoms with E-state index in [9.17, 15) is 9.59 Å². The molecule has 2 aromatic carbocycles. The molecule has 1 aliphatic rings. The normalized spacial score (nSPS) is 18.0. The Hall–Kier alpha value is -2.90. The number of ether oxygens (including phenoxy) is 2. The van der Waals surface area contributed by atoms with Crippen LogP contribution in [0.1, 0.15) is 88.6 Å². The van der Waals surface area contributed by atoms with E-state index in [0.717, 1.165) is 36.9 Å². The number of aryl methyl sites for hydroxylation is 1. The topological polar surface area (TPSA) is 71.1 Å². The molecule has 1 fully saturated rings. The minimum atomic E-state index is -0.722. The number of hydrogen-bond donors (Lipinski definition) is 1. The molecule has 3 atom stereocenters. The van der Waals surface area contributed by atoms with Gasteiger partial charge < -0.3 is 14.8 Å². The molecule has 214 valence electrons. The Morgan fingerprint density at radius 1 is 1.00 bits per heavy atom. The van der Waals surface area contributed by atoms with Crippen molar-refractivity contribution >= 4 is 11.9 Å². The van der Waals surface area contributed by atoms with Crippen LogP contribution in [0.5, 0.6) is 5.75 Å². The van der Waals surface area contributed by atoms with Gasteiger partial charge in [-0.3, -0.25) is 9.69 Å². The van der Waals surface area contributed by atoms with Crippen LogP contribution in [0.25, 0.3) is 0 Å². The molecule has 1 aliphatic heterocycles. The van der Waals surface area contributed by atoms with E-state index in [-0.39, 0.29) is 18.0 Å². The number of methoxy groups -OCH3 is 1. The van der Waals surface area contributed by atoms with Gasteiger partial charge in [0.1, 0.15) is 11.2 Å². The molecule has 3 amide bonds. The summed E-state index contributed by atoms with van der Waals surface area (Å²) < 4.78 is 11.9. The van der Waals surface area contributed by atoms with Crippen LogP contribution in [0, 0.1) is 12.3 Å². The van der Waals surface area contributed by atoms with Crippen molar-refractivity contribution in [3.63, 3.8) is 0 Å². The molecule has 1 saturated heterocycles. The first-order chi connectivity index (χ1) is 18.8. The molecule has 3 rings (SSSR count). The molecular formula is C32H47N3O4. The lowest BCUT2D eigenvalue weighted by molar-refractivity contribution is -0.191. The molecule has 1 N–H and O–H groups in total. The lowest BCUT2D eigenvalue weighted by Gasteiger charge is -2.53. The summed E-state index contributed by atoms with van der Waals surface area (Å²) in [4.78, 5) is 30.5. The Morgan fingerprint density at radius 3 is 2.15 bits per heavy atom. The average Bonchev–Trinajstić information content (AvgIpc) is 2.93. The van der Waals surface area contributed by atoms with E-state index < -0.39 is 17.7 Å². The predicted octanol–water partition coefficient (Wildman–Crippen LogP) is 6.63. The van der Waals surface area contributed by atoms with Gasteiger partial charge in [-0.15, -0.1) is 0 Å². The maximum Gasteiger partial charge on any atom is 0.327 e. The van der Waals surface area contributed by atoms with E-state index >= 15 is 0 Å². The molecule has 0 aromatic heterocycles. The number of likely N-dealkylation sites (N-methyl/N-ethyl adjacent to an activating group) is 1. The van der Waals surface area contributed by atoms with Gasteiger partial charge >= 0.3 is 6.03 Å². The summed E-state index contributed by atoms with van der Waals surface area (Å²) in [5.74, 6) is 0.463. The van der Waals surface area contributed by atoms with Gasteiger partial charge in [-0.25, -0.2) is 9.69 Å². The predicted molar refractivity (Wildman–Crippen MR) is 156 cm³/mol. The summed E-state index contributed by atoms with van der Waals surface area (Å²) in [7, 11) is 3.82. The fraction of sp³-hybridized carbons (Fsp3) is 0.562. The minimum Gasteiger partial charge on any atom is -0.469 e. The van der Waals surface area contributed by atoms with E-state index in [1.807, 2.05) is 69.3 Å². The first kappa shape index (κ1) is 30.6. The van der Waals surface area contributed by atoms with Gasteiger partial charge in [0.05, 0.1) is 18.7 Å². The molecule has 39 heavy (non-hydrogen) atoms. The summed E-state index contributed by atoms with van der Waals surface area (Å²) in [6, 6.07) is 15.7. The van der Waals surface area contributed by atoms with Gasteiger partial charge in [0.15, 0.2) is 6.23 Å². The molecule has 7 heteroatoms. The summed E-state index contributed by atoms with van der Waals surface area (Å²) in [5.41, 5.74) is 2.61. The monoisotopic (exact) mass is 537 g/mol. The van der Waals surface area contributed by atoms with Gasteiger partial charge in [0.2, 0.25) is 5.91 Å². The van der Waals surface area contributed by atoms with Crippen molar-refractivity contribution in [1.29, 1.82) is 0 Å².